The lowest BCUT2D eigenvalue weighted by Gasteiger charge is -2.23. The summed E-state index contributed by atoms with van der Waals surface area (Å²) < 4.78 is 5.69. The van der Waals surface area contributed by atoms with Gasteiger partial charge in [0.1, 0.15) is 0 Å². The fraction of sp³-hybridized carbons (Fsp3) is 0.476. The van der Waals surface area contributed by atoms with E-state index in [1.54, 1.807) is 0 Å². The monoisotopic (exact) mass is 400 g/mol. The maximum absolute atomic E-state index is 12.8. The molecule has 148 valence electrons. The Morgan fingerprint density at radius 3 is 2.54 bits per heavy atom. The normalized spacial score (nSPS) is 25.8. The van der Waals surface area contributed by atoms with E-state index < -0.39 is 17.8 Å². The number of hydrogen-bond donors (Lipinski definition) is 2. The number of fused-ring (bicyclic) bond motifs is 2. The minimum Gasteiger partial charge on any atom is -0.481 e. The highest BCUT2D eigenvalue weighted by molar-refractivity contribution is 7.16. The quantitative estimate of drug-likeness (QED) is 0.768. The van der Waals surface area contributed by atoms with Gasteiger partial charge in [-0.15, -0.1) is 11.3 Å². The second-order valence-corrected chi connectivity index (χ2v) is 8.74. The Morgan fingerprint density at radius 1 is 1.21 bits per heavy atom. The van der Waals surface area contributed by atoms with Crippen molar-refractivity contribution in [2.75, 3.05) is 5.32 Å². The van der Waals surface area contributed by atoms with E-state index in [2.05, 4.69) is 41.5 Å². The van der Waals surface area contributed by atoms with E-state index in [1.807, 2.05) is 6.92 Å². The molecule has 1 aromatic heterocycles. The minimum atomic E-state index is -0.962. The van der Waals surface area contributed by atoms with Crippen molar-refractivity contribution in [1.29, 1.82) is 0 Å². The number of carbonyl (C=O) groups excluding carboxylic acids is 1. The molecule has 2 aliphatic rings. The topological polar surface area (TPSA) is 88.5 Å². The van der Waals surface area contributed by atoms with Crippen molar-refractivity contribution in [2.24, 2.45) is 11.8 Å². The lowest BCUT2D eigenvalue weighted by Crippen LogP contribution is -2.40. The molecule has 0 saturated carbocycles. The average Bonchev–Trinajstić information content (AvgIpc) is 3.37. The van der Waals surface area contributed by atoms with Crippen LogP contribution in [0.4, 0.5) is 5.13 Å². The summed E-state index contributed by atoms with van der Waals surface area (Å²) >= 11 is 1.41. The smallest absolute Gasteiger partial charge is 0.310 e. The maximum atomic E-state index is 12.8. The van der Waals surface area contributed by atoms with E-state index in [0.29, 0.717) is 11.6 Å². The Morgan fingerprint density at radius 2 is 1.89 bits per heavy atom. The number of aryl methyl sites for hydroxylation is 2. The van der Waals surface area contributed by atoms with Crippen LogP contribution in [-0.4, -0.2) is 34.2 Å². The maximum Gasteiger partial charge on any atom is 0.310 e. The highest BCUT2D eigenvalue weighted by Crippen LogP contribution is 2.44. The number of thiazole rings is 1. The van der Waals surface area contributed by atoms with Crippen LogP contribution in [-0.2, 0) is 20.7 Å². The fourth-order valence-electron chi connectivity index (χ4n) is 4.35. The second-order valence-electron chi connectivity index (χ2n) is 7.54. The Labute approximate surface area is 167 Å². The van der Waals surface area contributed by atoms with Gasteiger partial charge in [-0.25, -0.2) is 4.98 Å². The van der Waals surface area contributed by atoms with Crippen molar-refractivity contribution < 1.29 is 19.4 Å². The van der Waals surface area contributed by atoms with Gasteiger partial charge in [0, 0.05) is 10.4 Å². The third-order valence-corrected chi connectivity index (χ3v) is 6.54. The van der Waals surface area contributed by atoms with Crippen molar-refractivity contribution in [3.63, 3.8) is 0 Å². The highest BCUT2D eigenvalue weighted by Gasteiger charge is 2.55. The number of aliphatic carboxylic acids is 1. The van der Waals surface area contributed by atoms with Gasteiger partial charge in [-0.3, -0.25) is 9.59 Å². The summed E-state index contributed by atoms with van der Waals surface area (Å²) in [6.07, 6.45) is 2.94. The van der Waals surface area contributed by atoms with E-state index in [4.69, 9.17) is 4.74 Å². The van der Waals surface area contributed by atoms with Crippen LogP contribution >= 0.6 is 11.3 Å². The molecule has 2 saturated heterocycles. The zero-order valence-electron chi connectivity index (χ0n) is 16.0. The van der Waals surface area contributed by atoms with Crippen LogP contribution in [0.5, 0.6) is 0 Å². The summed E-state index contributed by atoms with van der Waals surface area (Å²) in [7, 11) is 0. The number of carboxylic acids is 1. The van der Waals surface area contributed by atoms with Crippen LogP contribution in [0.1, 0.15) is 36.6 Å². The first-order valence-corrected chi connectivity index (χ1v) is 10.6. The van der Waals surface area contributed by atoms with Gasteiger partial charge in [-0.05, 0) is 31.7 Å². The average molecular weight is 401 g/mol. The molecule has 1 aromatic carbocycles. The third-order valence-electron chi connectivity index (χ3n) is 5.65. The molecule has 6 nitrogen and oxygen atoms in total. The van der Waals surface area contributed by atoms with Crippen LogP contribution in [0.2, 0.25) is 0 Å². The lowest BCUT2D eigenvalue weighted by atomic mass is 9.79. The van der Waals surface area contributed by atoms with Crippen molar-refractivity contribution in [1.82, 2.24) is 4.98 Å². The van der Waals surface area contributed by atoms with Crippen molar-refractivity contribution in [2.45, 2.75) is 51.7 Å². The number of rotatable bonds is 6. The molecule has 0 radical (unpaired) electrons. The first-order chi connectivity index (χ1) is 13.5. The minimum absolute atomic E-state index is 0.307. The summed E-state index contributed by atoms with van der Waals surface area (Å²) in [5.74, 6) is -2.70. The third kappa shape index (κ3) is 3.44. The van der Waals surface area contributed by atoms with Crippen LogP contribution in [0.25, 0.3) is 11.3 Å². The van der Waals surface area contributed by atoms with E-state index >= 15 is 0 Å². The molecule has 7 heteroatoms. The lowest BCUT2D eigenvalue weighted by molar-refractivity contribution is -0.147. The largest absolute Gasteiger partial charge is 0.481 e. The molecule has 28 heavy (non-hydrogen) atoms. The van der Waals surface area contributed by atoms with Gasteiger partial charge >= 0.3 is 5.97 Å². The molecule has 0 aliphatic carbocycles. The summed E-state index contributed by atoms with van der Waals surface area (Å²) in [6, 6.07) is 8.34. The summed E-state index contributed by atoms with van der Waals surface area (Å²) in [4.78, 5) is 30.0. The van der Waals surface area contributed by atoms with E-state index in [9.17, 15) is 14.7 Å². The number of amides is 1. The fourth-order valence-corrected chi connectivity index (χ4v) is 5.19. The van der Waals surface area contributed by atoms with Crippen LogP contribution < -0.4 is 5.32 Å². The van der Waals surface area contributed by atoms with E-state index in [-0.39, 0.29) is 18.1 Å². The molecular weight excluding hydrogens is 376 g/mol. The summed E-state index contributed by atoms with van der Waals surface area (Å²) in [5, 5.41) is 12.8. The number of carbonyl (C=O) groups is 2. The Kier molecular flexibility index (Phi) is 5.21. The zero-order chi connectivity index (χ0) is 19.8. The molecular formula is C21H24N2O4S. The van der Waals surface area contributed by atoms with Gasteiger partial charge in [-0.2, -0.15) is 0 Å². The summed E-state index contributed by atoms with van der Waals surface area (Å²) in [5.41, 5.74) is 3.16. The molecule has 2 aliphatic heterocycles. The Balaban J connectivity index is 1.51. The number of anilines is 1. The Hall–Kier alpha value is -2.25. The second kappa shape index (κ2) is 7.64. The number of aromatic nitrogens is 1. The van der Waals surface area contributed by atoms with Crippen molar-refractivity contribution in [3.8, 4) is 11.3 Å². The van der Waals surface area contributed by atoms with Gasteiger partial charge in [0.15, 0.2) is 5.13 Å². The molecule has 2 fully saturated rings. The number of benzene rings is 1. The van der Waals surface area contributed by atoms with Crippen LogP contribution in [0.15, 0.2) is 24.3 Å². The molecule has 0 spiro atoms. The number of hydrogen-bond acceptors (Lipinski definition) is 5. The Bertz CT molecular complexity index is 892. The standard InChI is InChI=1S/C21H24N2O4S/c1-3-4-12-5-7-13(8-6-12)18-11(2)28-21(22-18)23-19(24)16-14-9-10-15(27-14)17(16)20(25)26/h5-8,14-17H,3-4,9-10H2,1-2H3,(H,25,26)(H,22,23,24)/t14-,15-,16-,17+/m1/s1. The molecule has 2 N–H and O–H groups in total. The molecule has 1 amide bonds. The van der Waals surface area contributed by atoms with E-state index in [1.165, 1.54) is 16.9 Å². The number of ether oxygens (including phenoxy) is 1. The molecule has 3 heterocycles. The predicted molar refractivity (Wildman–Crippen MR) is 107 cm³/mol. The molecule has 2 aromatic rings. The number of nitrogens with one attached hydrogen (secondary N) is 1. The first-order valence-electron chi connectivity index (χ1n) is 9.73. The number of carboxylic acid groups (broad SMARTS) is 1. The first kappa shape index (κ1) is 19.1. The van der Waals surface area contributed by atoms with Crippen molar-refractivity contribution >= 4 is 28.3 Å². The van der Waals surface area contributed by atoms with Gasteiger partial charge in [-0.1, -0.05) is 37.6 Å². The molecule has 4 atom stereocenters. The van der Waals surface area contributed by atoms with Crippen LogP contribution in [0.3, 0.4) is 0 Å². The van der Waals surface area contributed by atoms with E-state index in [0.717, 1.165) is 35.4 Å². The SMILES string of the molecule is CCCc1ccc(-c2nc(NC(=O)[C@H]3[C@@H](C(=O)O)[C@H]4CC[C@H]3O4)sc2C)cc1. The van der Waals surface area contributed by atoms with Gasteiger partial charge < -0.3 is 15.2 Å². The van der Waals surface area contributed by atoms with Gasteiger partial charge in [0.25, 0.3) is 0 Å². The molecule has 0 unspecified atom stereocenters. The highest BCUT2D eigenvalue weighted by atomic mass is 32.1. The predicted octanol–water partition coefficient (Wildman–Crippen LogP) is 3.89. The van der Waals surface area contributed by atoms with Crippen LogP contribution in [0, 0.1) is 18.8 Å². The molecule has 4 rings (SSSR count). The molecule has 2 bridgehead atoms. The van der Waals surface area contributed by atoms with Gasteiger partial charge in [0.05, 0.1) is 29.7 Å². The number of nitrogens with zero attached hydrogens (tertiary/aromatic N) is 1. The van der Waals surface area contributed by atoms with Gasteiger partial charge in [0.2, 0.25) is 5.91 Å². The zero-order valence-corrected chi connectivity index (χ0v) is 16.8. The summed E-state index contributed by atoms with van der Waals surface area (Å²) in [6.45, 7) is 4.13. The van der Waals surface area contributed by atoms with Crippen molar-refractivity contribution in [3.05, 3.63) is 34.7 Å².